The number of aryl methyl sites for hydroxylation is 1. The van der Waals surface area contributed by atoms with Gasteiger partial charge in [0.05, 0.1) is 5.56 Å². The summed E-state index contributed by atoms with van der Waals surface area (Å²) in [5.41, 5.74) is 10.7. The van der Waals surface area contributed by atoms with Gasteiger partial charge in [-0.1, -0.05) is 104 Å². The number of alkyl halides is 3. The molecule has 1 aliphatic carbocycles. The molecule has 0 N–H and O–H groups in total. The quantitative estimate of drug-likeness (QED) is 0.159. The number of nitrogens with zero attached hydrogens (tertiary/aromatic N) is 2. The third-order valence-electron chi connectivity index (χ3n) is 10.9. The molecule has 0 atom stereocenters. The summed E-state index contributed by atoms with van der Waals surface area (Å²) in [6, 6.07) is 56.4. The summed E-state index contributed by atoms with van der Waals surface area (Å²) in [6.45, 7) is 6.68. The number of anilines is 6. The Labute approximate surface area is 313 Å². The van der Waals surface area contributed by atoms with Crippen LogP contribution in [0.3, 0.4) is 0 Å². The predicted octanol–water partition coefficient (Wildman–Crippen LogP) is 14.6. The summed E-state index contributed by atoms with van der Waals surface area (Å²) < 4.78 is 40.7. The van der Waals surface area contributed by atoms with Crippen LogP contribution < -0.4 is 9.80 Å². The molecule has 54 heavy (non-hydrogen) atoms. The average molecular weight is 711 g/mol. The van der Waals surface area contributed by atoms with Gasteiger partial charge in [-0.05, 0) is 136 Å². The lowest BCUT2D eigenvalue weighted by Crippen LogP contribution is -2.17. The van der Waals surface area contributed by atoms with Gasteiger partial charge >= 0.3 is 6.18 Å². The normalized spacial score (nSPS) is 13.1. The van der Waals surface area contributed by atoms with Crippen molar-refractivity contribution in [2.75, 3.05) is 9.80 Å². The zero-order valence-corrected chi connectivity index (χ0v) is 30.2. The molecule has 8 aromatic rings. The molecule has 2 nitrogen and oxygen atoms in total. The number of benzene rings is 8. The highest BCUT2D eigenvalue weighted by Crippen LogP contribution is 2.56. The van der Waals surface area contributed by atoms with Crippen molar-refractivity contribution >= 4 is 55.7 Å². The smallest absolute Gasteiger partial charge is 0.310 e. The minimum atomic E-state index is -4.41. The zero-order valence-electron chi connectivity index (χ0n) is 30.2. The summed E-state index contributed by atoms with van der Waals surface area (Å²) in [6.07, 6.45) is -4.41. The molecule has 0 aromatic heterocycles. The highest BCUT2D eigenvalue weighted by Gasteiger charge is 2.39. The average Bonchev–Trinajstić information content (AvgIpc) is 3.43. The van der Waals surface area contributed by atoms with Crippen LogP contribution in [0.2, 0.25) is 0 Å². The second-order valence-electron chi connectivity index (χ2n) is 14.6. The molecule has 0 radical (unpaired) electrons. The lowest BCUT2D eigenvalue weighted by molar-refractivity contribution is -0.137. The lowest BCUT2D eigenvalue weighted by atomic mass is 9.79. The molecule has 0 saturated carbocycles. The van der Waals surface area contributed by atoms with E-state index in [2.05, 4.69) is 135 Å². The Morgan fingerprint density at radius 2 is 0.926 bits per heavy atom. The van der Waals surface area contributed by atoms with E-state index in [0.717, 1.165) is 40.6 Å². The fourth-order valence-electron chi connectivity index (χ4n) is 8.33. The number of rotatable bonds is 6. The fourth-order valence-corrected chi connectivity index (χ4v) is 8.33. The first-order chi connectivity index (χ1) is 26.1. The zero-order chi connectivity index (χ0) is 37.2. The molecule has 0 spiro atoms. The van der Waals surface area contributed by atoms with E-state index in [4.69, 9.17) is 0 Å². The standard InChI is InChI=1S/C49H37F3N2/c1-32-18-22-36(23-19-32)53(34-12-6-4-7-13-34)38-26-28-42-44(30-38)40-16-10-11-17-41(40)46-43-29-27-39(31-45(43)48(2,3)47(42)46)54(35-14-8-5-9-15-35)37-24-20-33(21-25-37)49(50,51)52/h4-31H,1-3H3. The summed E-state index contributed by atoms with van der Waals surface area (Å²) in [5, 5.41) is 4.77. The Morgan fingerprint density at radius 1 is 0.444 bits per heavy atom. The minimum absolute atomic E-state index is 0.386. The van der Waals surface area contributed by atoms with Gasteiger partial charge in [0.1, 0.15) is 0 Å². The molecule has 0 bridgehead atoms. The number of fused-ring (bicyclic) bond motifs is 8. The van der Waals surface area contributed by atoms with E-state index in [0.29, 0.717) is 5.69 Å². The second kappa shape index (κ2) is 12.7. The van der Waals surface area contributed by atoms with Gasteiger partial charge in [0.25, 0.3) is 0 Å². The van der Waals surface area contributed by atoms with E-state index in [1.807, 2.05) is 41.3 Å². The minimum Gasteiger partial charge on any atom is -0.310 e. The van der Waals surface area contributed by atoms with Crippen molar-refractivity contribution < 1.29 is 13.2 Å². The molecular weight excluding hydrogens is 674 g/mol. The van der Waals surface area contributed by atoms with E-state index < -0.39 is 11.7 Å². The Morgan fingerprint density at radius 3 is 1.52 bits per heavy atom. The monoisotopic (exact) mass is 710 g/mol. The van der Waals surface area contributed by atoms with Gasteiger partial charge < -0.3 is 9.80 Å². The highest BCUT2D eigenvalue weighted by atomic mass is 19.4. The van der Waals surface area contributed by atoms with Crippen LogP contribution in [-0.2, 0) is 11.6 Å². The SMILES string of the molecule is Cc1ccc(N(c2ccccc2)c2ccc3c4c(c5ccccc5c3c2)-c2ccc(N(c3ccccc3)c3ccc(C(F)(F)F)cc3)cc2C4(C)C)cc1. The van der Waals surface area contributed by atoms with Gasteiger partial charge in [0.2, 0.25) is 0 Å². The van der Waals surface area contributed by atoms with Crippen molar-refractivity contribution in [1.82, 2.24) is 0 Å². The number of halogens is 3. The highest BCUT2D eigenvalue weighted by molar-refractivity contribution is 6.19. The van der Waals surface area contributed by atoms with Gasteiger partial charge in [-0.25, -0.2) is 0 Å². The molecule has 0 unspecified atom stereocenters. The molecule has 0 amide bonds. The molecule has 8 aromatic carbocycles. The van der Waals surface area contributed by atoms with Gasteiger partial charge in [-0.15, -0.1) is 0 Å². The van der Waals surface area contributed by atoms with Crippen LogP contribution in [0.15, 0.2) is 170 Å². The summed E-state index contributed by atoms with van der Waals surface area (Å²) in [4.78, 5) is 4.34. The third kappa shape index (κ3) is 5.50. The maximum absolute atomic E-state index is 13.6. The molecule has 9 rings (SSSR count). The van der Waals surface area contributed by atoms with Crippen LogP contribution in [0, 0.1) is 6.92 Å². The van der Waals surface area contributed by atoms with E-state index in [9.17, 15) is 13.2 Å². The van der Waals surface area contributed by atoms with Gasteiger partial charge in [-0.2, -0.15) is 13.2 Å². The van der Waals surface area contributed by atoms with E-state index >= 15 is 0 Å². The van der Waals surface area contributed by atoms with Gasteiger partial charge in [-0.3, -0.25) is 0 Å². The third-order valence-corrected chi connectivity index (χ3v) is 10.9. The molecule has 1 aliphatic rings. The van der Waals surface area contributed by atoms with Crippen molar-refractivity contribution in [3.8, 4) is 11.1 Å². The van der Waals surface area contributed by atoms with Gasteiger partial charge in [0, 0.05) is 39.5 Å². The summed E-state index contributed by atoms with van der Waals surface area (Å²) in [7, 11) is 0. The van der Waals surface area contributed by atoms with E-state index in [1.54, 1.807) is 12.1 Å². The molecule has 0 aliphatic heterocycles. The van der Waals surface area contributed by atoms with Crippen molar-refractivity contribution in [3.05, 3.63) is 192 Å². The Balaban J connectivity index is 1.23. The van der Waals surface area contributed by atoms with Crippen LogP contribution in [0.4, 0.5) is 47.3 Å². The Bertz CT molecular complexity index is 2660. The van der Waals surface area contributed by atoms with E-state index in [1.165, 1.54) is 49.4 Å². The first kappa shape index (κ1) is 33.5. The molecule has 264 valence electrons. The topological polar surface area (TPSA) is 6.48 Å². The van der Waals surface area contributed by atoms with Crippen LogP contribution >= 0.6 is 0 Å². The van der Waals surface area contributed by atoms with Gasteiger partial charge in [0.15, 0.2) is 0 Å². The Hall–Kier alpha value is -6.33. The van der Waals surface area contributed by atoms with Crippen LogP contribution in [0.25, 0.3) is 32.7 Å². The molecule has 5 heteroatoms. The predicted molar refractivity (Wildman–Crippen MR) is 218 cm³/mol. The largest absolute Gasteiger partial charge is 0.416 e. The van der Waals surface area contributed by atoms with Crippen LogP contribution in [-0.4, -0.2) is 0 Å². The molecular formula is C49H37F3N2. The van der Waals surface area contributed by atoms with Crippen molar-refractivity contribution in [1.29, 1.82) is 0 Å². The maximum Gasteiger partial charge on any atom is 0.416 e. The van der Waals surface area contributed by atoms with Crippen molar-refractivity contribution in [3.63, 3.8) is 0 Å². The number of para-hydroxylation sites is 2. The maximum atomic E-state index is 13.6. The fraction of sp³-hybridized carbons (Fsp3) is 0.102. The number of hydrogen-bond acceptors (Lipinski definition) is 2. The van der Waals surface area contributed by atoms with Crippen molar-refractivity contribution in [2.24, 2.45) is 0 Å². The lowest BCUT2D eigenvalue weighted by Gasteiger charge is -2.29. The molecule has 0 heterocycles. The summed E-state index contributed by atoms with van der Waals surface area (Å²) in [5.74, 6) is 0. The van der Waals surface area contributed by atoms with Crippen LogP contribution in [0.1, 0.15) is 36.1 Å². The first-order valence-corrected chi connectivity index (χ1v) is 18.2. The first-order valence-electron chi connectivity index (χ1n) is 18.2. The molecule has 0 fully saturated rings. The second-order valence-corrected chi connectivity index (χ2v) is 14.6. The Kier molecular flexibility index (Phi) is 7.86. The van der Waals surface area contributed by atoms with Crippen LogP contribution in [0.5, 0.6) is 0 Å². The van der Waals surface area contributed by atoms with Crippen molar-refractivity contribution in [2.45, 2.75) is 32.4 Å². The summed E-state index contributed by atoms with van der Waals surface area (Å²) >= 11 is 0. The van der Waals surface area contributed by atoms with E-state index in [-0.39, 0.29) is 5.41 Å². The number of hydrogen-bond donors (Lipinski definition) is 0. The molecule has 0 saturated heterocycles.